The van der Waals surface area contributed by atoms with Crippen LogP contribution in [0.2, 0.25) is 0 Å². The summed E-state index contributed by atoms with van der Waals surface area (Å²) >= 11 is 0. The van der Waals surface area contributed by atoms with Crippen molar-refractivity contribution in [1.82, 2.24) is 15.5 Å². The summed E-state index contributed by atoms with van der Waals surface area (Å²) in [6.45, 7) is 0.310. The molecule has 0 saturated heterocycles. The van der Waals surface area contributed by atoms with Crippen LogP contribution >= 0.6 is 0 Å². The maximum Gasteiger partial charge on any atom is 0.433 e. The summed E-state index contributed by atoms with van der Waals surface area (Å²) in [7, 11) is -4.12. The van der Waals surface area contributed by atoms with E-state index in [1.54, 1.807) is 0 Å². The molecule has 0 aliphatic carbocycles. The molecule has 9 nitrogen and oxygen atoms in total. The van der Waals surface area contributed by atoms with Gasteiger partial charge in [-0.3, -0.25) is 9.82 Å². The van der Waals surface area contributed by atoms with Gasteiger partial charge in [0.1, 0.15) is 23.9 Å². The number of anilines is 2. The molecule has 0 spiro atoms. The third-order valence-electron chi connectivity index (χ3n) is 5.48. The van der Waals surface area contributed by atoms with Crippen molar-refractivity contribution in [2.45, 2.75) is 17.2 Å². The van der Waals surface area contributed by atoms with Crippen molar-refractivity contribution in [3.05, 3.63) is 77.7 Å². The highest BCUT2D eigenvalue weighted by Crippen LogP contribution is 2.34. The van der Waals surface area contributed by atoms with Gasteiger partial charge in [-0.1, -0.05) is 12.1 Å². The lowest BCUT2D eigenvalue weighted by atomic mass is 10.1. The van der Waals surface area contributed by atoms with Gasteiger partial charge in [0.05, 0.1) is 22.2 Å². The van der Waals surface area contributed by atoms with E-state index in [2.05, 4.69) is 15.1 Å². The molecule has 38 heavy (non-hydrogen) atoms. The van der Waals surface area contributed by atoms with Crippen LogP contribution in [0.3, 0.4) is 0 Å². The first-order valence-electron chi connectivity index (χ1n) is 11.2. The van der Waals surface area contributed by atoms with Gasteiger partial charge >= 0.3 is 6.18 Å². The number of aliphatic hydroxyl groups excluding tert-OH is 1. The molecular weight excluding hydrogens is 530 g/mol. The minimum atomic E-state index is -4.58. The number of H-pyrrole nitrogens is 1. The van der Waals surface area contributed by atoms with E-state index in [1.165, 1.54) is 54.6 Å². The Kier molecular flexibility index (Phi) is 7.76. The van der Waals surface area contributed by atoms with E-state index in [1.807, 2.05) is 5.10 Å². The normalized spacial score (nSPS) is 13.0. The molecule has 1 heterocycles. The van der Waals surface area contributed by atoms with Gasteiger partial charge in [0.25, 0.3) is 10.0 Å². The second kappa shape index (κ2) is 10.8. The number of nitrogens with one attached hydrogen (secondary N) is 3. The van der Waals surface area contributed by atoms with Gasteiger partial charge in [0.15, 0.2) is 0 Å². The minimum Gasteiger partial charge on any atom is -0.492 e. The highest BCUT2D eigenvalue weighted by Gasteiger charge is 2.35. The number of alkyl halides is 3. The van der Waals surface area contributed by atoms with Crippen LogP contribution in [-0.4, -0.2) is 43.4 Å². The lowest BCUT2D eigenvalue weighted by Crippen LogP contribution is -2.26. The molecule has 1 aromatic heterocycles. The summed E-state index contributed by atoms with van der Waals surface area (Å²) in [5.74, 6) is -0.625. The minimum absolute atomic E-state index is 0.00931. The average molecular weight is 554 g/mol. The van der Waals surface area contributed by atoms with Crippen molar-refractivity contribution >= 4 is 32.3 Å². The zero-order chi connectivity index (χ0) is 27.5. The number of nitrogen functional groups attached to an aromatic ring is 1. The summed E-state index contributed by atoms with van der Waals surface area (Å²) in [6, 6.07) is 13.2. The Bertz CT molecular complexity index is 1540. The van der Waals surface area contributed by atoms with Crippen molar-refractivity contribution in [3.63, 3.8) is 0 Å². The van der Waals surface area contributed by atoms with Crippen LogP contribution in [0, 0.1) is 5.82 Å². The molecule has 4 aromatic rings. The second-order valence-electron chi connectivity index (χ2n) is 8.26. The van der Waals surface area contributed by atoms with E-state index in [0.29, 0.717) is 0 Å². The van der Waals surface area contributed by atoms with Crippen LogP contribution in [-0.2, 0) is 16.2 Å². The third kappa shape index (κ3) is 6.33. The van der Waals surface area contributed by atoms with Crippen LogP contribution in [0.4, 0.5) is 28.9 Å². The maximum atomic E-state index is 14.3. The fourth-order valence-electron chi connectivity index (χ4n) is 3.61. The number of sulfonamides is 1. The van der Waals surface area contributed by atoms with Gasteiger partial charge < -0.3 is 20.9 Å². The number of nitrogens with two attached hydrogens (primary N) is 1. The number of aromatic amines is 1. The van der Waals surface area contributed by atoms with Crippen LogP contribution in [0.15, 0.2) is 65.6 Å². The molecule has 0 saturated carbocycles. The Morgan fingerprint density at radius 3 is 2.63 bits per heavy atom. The molecule has 1 atom stereocenters. The molecule has 3 aromatic carbocycles. The molecule has 0 radical (unpaired) electrons. The summed E-state index contributed by atoms with van der Waals surface area (Å²) < 4.78 is 86.3. The molecule has 4 rings (SSSR count). The Labute approximate surface area is 214 Å². The number of aromatic nitrogens is 2. The van der Waals surface area contributed by atoms with Gasteiger partial charge in [-0.15, -0.1) is 0 Å². The number of hydrogen-bond donors (Lipinski definition) is 5. The summed E-state index contributed by atoms with van der Waals surface area (Å²) in [5.41, 5.74) is 4.93. The van der Waals surface area contributed by atoms with E-state index < -0.39 is 33.8 Å². The second-order valence-corrected chi connectivity index (χ2v) is 9.94. The number of benzene rings is 3. The van der Waals surface area contributed by atoms with Crippen molar-refractivity contribution < 1.29 is 35.8 Å². The van der Waals surface area contributed by atoms with Crippen molar-refractivity contribution in [1.29, 1.82) is 0 Å². The smallest absolute Gasteiger partial charge is 0.433 e. The predicted molar refractivity (Wildman–Crippen MR) is 132 cm³/mol. The number of hydrogen-bond acceptors (Lipinski definition) is 7. The zero-order valence-electron chi connectivity index (χ0n) is 19.6. The maximum absolute atomic E-state index is 14.3. The fourth-order valence-corrected chi connectivity index (χ4v) is 4.72. The Morgan fingerprint density at radius 1 is 1.11 bits per heavy atom. The van der Waals surface area contributed by atoms with Crippen molar-refractivity contribution in [2.75, 3.05) is 30.2 Å². The molecule has 0 fully saturated rings. The van der Waals surface area contributed by atoms with Gasteiger partial charge in [0, 0.05) is 24.2 Å². The summed E-state index contributed by atoms with van der Waals surface area (Å²) in [5, 5.41) is 18.9. The topological polar surface area (TPSA) is 142 Å². The first kappa shape index (κ1) is 27.2. The van der Waals surface area contributed by atoms with Gasteiger partial charge in [-0.05, 0) is 54.1 Å². The Balaban J connectivity index is 1.32. The molecule has 0 amide bonds. The molecule has 0 aliphatic heterocycles. The standard InChI is InChI=1S/C24H23F4N5O4S/c25-19-6-4-14(10-21(19)33-38(35,36)17-3-1-2-15(29)11-17)22(34)13-30-8-9-37-16-5-7-20-18(12-16)23(32-31-20)24(26,27)28/h1-7,10-12,22,30,33-34H,8-9,13,29H2,(H,31,32)/t22-/m0/s1. The molecule has 0 bridgehead atoms. The molecule has 202 valence electrons. The number of aliphatic hydroxyl groups is 1. The van der Waals surface area contributed by atoms with E-state index in [-0.39, 0.29) is 58.2 Å². The summed E-state index contributed by atoms with van der Waals surface area (Å²) in [4.78, 5) is -0.147. The Morgan fingerprint density at radius 2 is 1.89 bits per heavy atom. The first-order valence-corrected chi connectivity index (χ1v) is 12.7. The summed E-state index contributed by atoms with van der Waals surface area (Å²) in [6.07, 6.45) is -5.71. The number of rotatable bonds is 10. The van der Waals surface area contributed by atoms with Crippen LogP contribution in [0.5, 0.6) is 5.75 Å². The zero-order valence-corrected chi connectivity index (χ0v) is 20.4. The molecule has 0 unspecified atom stereocenters. The first-order chi connectivity index (χ1) is 17.9. The molecule has 6 N–H and O–H groups in total. The van der Waals surface area contributed by atoms with Gasteiger partial charge in [-0.25, -0.2) is 12.8 Å². The number of fused-ring (bicyclic) bond motifs is 1. The van der Waals surface area contributed by atoms with E-state index >= 15 is 0 Å². The van der Waals surface area contributed by atoms with Gasteiger partial charge in [0.2, 0.25) is 0 Å². The number of nitrogens with zero attached hydrogens (tertiary/aromatic N) is 1. The lowest BCUT2D eigenvalue weighted by Gasteiger charge is -2.15. The molecule has 14 heteroatoms. The average Bonchev–Trinajstić information content (AvgIpc) is 3.29. The molecule has 0 aliphatic rings. The van der Waals surface area contributed by atoms with Crippen LogP contribution in [0.1, 0.15) is 17.4 Å². The predicted octanol–water partition coefficient (Wildman–Crippen LogP) is 3.81. The quantitative estimate of drug-likeness (QED) is 0.114. The van der Waals surface area contributed by atoms with Gasteiger partial charge in [-0.2, -0.15) is 18.3 Å². The lowest BCUT2D eigenvalue weighted by molar-refractivity contribution is -0.139. The van der Waals surface area contributed by atoms with E-state index in [9.17, 15) is 31.1 Å². The van der Waals surface area contributed by atoms with Crippen molar-refractivity contribution in [3.8, 4) is 5.75 Å². The molecular formula is C24H23F4N5O4S. The number of ether oxygens (including phenoxy) is 1. The van der Waals surface area contributed by atoms with E-state index in [0.717, 1.165) is 6.07 Å². The van der Waals surface area contributed by atoms with Crippen LogP contribution in [0.25, 0.3) is 10.9 Å². The van der Waals surface area contributed by atoms with Crippen molar-refractivity contribution in [2.24, 2.45) is 0 Å². The largest absolute Gasteiger partial charge is 0.492 e. The van der Waals surface area contributed by atoms with E-state index in [4.69, 9.17) is 10.5 Å². The third-order valence-corrected chi connectivity index (χ3v) is 6.85. The highest BCUT2D eigenvalue weighted by atomic mass is 32.2. The monoisotopic (exact) mass is 553 g/mol. The SMILES string of the molecule is Nc1cccc(S(=O)(=O)Nc2cc([C@@H](O)CNCCOc3ccc4n[nH]c(C(F)(F)F)c4c3)ccc2F)c1. The van der Waals surface area contributed by atoms with Crippen LogP contribution < -0.4 is 20.5 Å². The number of halogens is 4. The highest BCUT2D eigenvalue weighted by molar-refractivity contribution is 7.92. The Hall–Kier alpha value is -3.88. The fraction of sp³-hybridized carbons (Fsp3) is 0.208.